The van der Waals surface area contributed by atoms with Crippen LogP contribution in [0.5, 0.6) is 0 Å². The largest absolute Gasteiger partial charge is 0.367 e. The lowest BCUT2D eigenvalue weighted by Gasteiger charge is -2.32. The number of aromatic nitrogens is 2. The first-order chi connectivity index (χ1) is 14.7. The molecule has 1 saturated heterocycles. The van der Waals surface area contributed by atoms with E-state index in [-0.39, 0.29) is 12.5 Å². The molecule has 156 valence electrons. The molecule has 1 unspecified atom stereocenters. The van der Waals surface area contributed by atoms with Crippen molar-refractivity contribution < 1.29 is 14.1 Å². The number of hydrogen-bond acceptors (Lipinski definition) is 5. The lowest BCUT2D eigenvalue weighted by Crippen LogP contribution is -2.42. The van der Waals surface area contributed by atoms with Gasteiger partial charge < -0.3 is 14.2 Å². The van der Waals surface area contributed by atoms with Gasteiger partial charge in [-0.05, 0) is 36.8 Å². The first-order valence-electron chi connectivity index (χ1n) is 10.5. The minimum Gasteiger partial charge on any atom is -0.367 e. The number of hydrogen-bond donors (Lipinski definition) is 0. The van der Waals surface area contributed by atoms with Crippen LogP contribution in [0.15, 0.2) is 59.1 Å². The second kappa shape index (κ2) is 9.67. The van der Waals surface area contributed by atoms with Gasteiger partial charge in [0.25, 0.3) is 0 Å². The quantitative estimate of drug-likeness (QED) is 0.593. The Morgan fingerprint density at radius 2 is 1.97 bits per heavy atom. The first kappa shape index (κ1) is 20.3. The summed E-state index contributed by atoms with van der Waals surface area (Å²) >= 11 is 0. The summed E-state index contributed by atoms with van der Waals surface area (Å²) in [7, 11) is 0. The summed E-state index contributed by atoms with van der Waals surface area (Å²) in [4.78, 5) is 19.0. The molecule has 1 aromatic heterocycles. The molecule has 6 heteroatoms. The van der Waals surface area contributed by atoms with Crippen LogP contribution in [0, 0.1) is 12.8 Å². The second-order valence-corrected chi connectivity index (χ2v) is 7.86. The number of aryl methyl sites for hydroxylation is 1. The number of amides is 1. The molecule has 6 nitrogen and oxygen atoms in total. The van der Waals surface area contributed by atoms with Crippen molar-refractivity contribution in [2.24, 2.45) is 5.92 Å². The van der Waals surface area contributed by atoms with Crippen LogP contribution in [0.4, 0.5) is 0 Å². The van der Waals surface area contributed by atoms with Gasteiger partial charge in [-0.15, -0.1) is 0 Å². The maximum atomic E-state index is 12.6. The van der Waals surface area contributed by atoms with Gasteiger partial charge in [0, 0.05) is 25.1 Å². The van der Waals surface area contributed by atoms with Crippen LogP contribution in [0.3, 0.4) is 0 Å². The summed E-state index contributed by atoms with van der Waals surface area (Å²) in [5.41, 5.74) is 3.18. The Bertz CT molecular complexity index is 971. The standard InChI is InChI=1S/C24H27N3O3/c1-18-8-5-6-12-21(18)24-25-22(30-26-24)14-20-11-7-13-27(15-20)23(28)17-29-16-19-9-3-2-4-10-19/h2-6,8-10,12,20H,7,11,13-17H2,1H3. The Morgan fingerprint density at radius 3 is 2.80 bits per heavy atom. The molecule has 0 bridgehead atoms. The summed E-state index contributed by atoms with van der Waals surface area (Å²) in [6.07, 6.45) is 2.72. The molecule has 0 N–H and O–H groups in total. The zero-order chi connectivity index (χ0) is 20.8. The average molecular weight is 405 g/mol. The van der Waals surface area contributed by atoms with Gasteiger partial charge in [-0.25, -0.2) is 0 Å². The van der Waals surface area contributed by atoms with Gasteiger partial charge >= 0.3 is 0 Å². The topological polar surface area (TPSA) is 68.5 Å². The third-order valence-corrected chi connectivity index (χ3v) is 5.53. The molecule has 1 atom stereocenters. The zero-order valence-corrected chi connectivity index (χ0v) is 17.3. The highest BCUT2D eigenvalue weighted by atomic mass is 16.5. The Morgan fingerprint density at radius 1 is 1.17 bits per heavy atom. The molecule has 0 spiro atoms. The minimum atomic E-state index is 0.0433. The van der Waals surface area contributed by atoms with E-state index in [1.165, 1.54) is 0 Å². The van der Waals surface area contributed by atoms with Crippen molar-refractivity contribution >= 4 is 5.91 Å². The fourth-order valence-corrected chi connectivity index (χ4v) is 3.90. The smallest absolute Gasteiger partial charge is 0.248 e. The van der Waals surface area contributed by atoms with Gasteiger partial charge in [0.05, 0.1) is 6.61 Å². The molecule has 1 amide bonds. The van der Waals surface area contributed by atoms with Gasteiger partial charge in [-0.2, -0.15) is 4.98 Å². The van der Waals surface area contributed by atoms with Crippen molar-refractivity contribution in [3.63, 3.8) is 0 Å². The number of rotatable bonds is 7. The highest BCUT2D eigenvalue weighted by molar-refractivity contribution is 5.77. The SMILES string of the molecule is Cc1ccccc1-c1noc(CC2CCCN(C(=O)COCc3ccccc3)C2)n1. The maximum Gasteiger partial charge on any atom is 0.248 e. The van der Waals surface area contributed by atoms with E-state index < -0.39 is 0 Å². The minimum absolute atomic E-state index is 0.0433. The van der Waals surface area contributed by atoms with E-state index in [9.17, 15) is 4.79 Å². The lowest BCUT2D eigenvalue weighted by molar-refractivity contribution is -0.138. The molecule has 3 aromatic rings. The molecule has 1 aliphatic heterocycles. The fraction of sp³-hybridized carbons (Fsp3) is 0.375. The fourth-order valence-electron chi connectivity index (χ4n) is 3.90. The molecule has 0 radical (unpaired) electrons. The van der Waals surface area contributed by atoms with Crippen molar-refractivity contribution in [2.75, 3.05) is 19.7 Å². The van der Waals surface area contributed by atoms with E-state index in [1.54, 1.807) is 0 Å². The van der Waals surface area contributed by atoms with Crippen LogP contribution in [-0.2, 0) is 22.6 Å². The third-order valence-electron chi connectivity index (χ3n) is 5.53. The van der Waals surface area contributed by atoms with Crippen LogP contribution in [0.25, 0.3) is 11.4 Å². The maximum absolute atomic E-state index is 12.6. The summed E-state index contributed by atoms with van der Waals surface area (Å²) in [5.74, 6) is 1.62. The normalized spacial score (nSPS) is 16.6. The summed E-state index contributed by atoms with van der Waals surface area (Å²) in [6, 6.07) is 17.9. The van der Waals surface area contributed by atoms with E-state index in [1.807, 2.05) is 66.4 Å². The molecular formula is C24H27N3O3. The highest BCUT2D eigenvalue weighted by Gasteiger charge is 2.25. The molecular weight excluding hydrogens is 378 g/mol. The molecule has 2 aromatic carbocycles. The summed E-state index contributed by atoms with van der Waals surface area (Å²) in [5, 5.41) is 4.15. The number of benzene rings is 2. The Balaban J connectivity index is 1.29. The monoisotopic (exact) mass is 405 g/mol. The average Bonchev–Trinajstić information content (AvgIpc) is 3.23. The van der Waals surface area contributed by atoms with E-state index in [2.05, 4.69) is 10.1 Å². The van der Waals surface area contributed by atoms with E-state index in [0.717, 1.165) is 36.1 Å². The van der Waals surface area contributed by atoms with Gasteiger partial charge in [-0.3, -0.25) is 4.79 Å². The van der Waals surface area contributed by atoms with E-state index >= 15 is 0 Å². The zero-order valence-electron chi connectivity index (χ0n) is 17.3. The molecule has 4 rings (SSSR count). The Kier molecular flexibility index (Phi) is 6.54. The van der Waals surface area contributed by atoms with Crippen molar-refractivity contribution in [2.45, 2.75) is 32.8 Å². The molecule has 0 saturated carbocycles. The number of likely N-dealkylation sites (tertiary alicyclic amines) is 1. The molecule has 1 aliphatic rings. The van der Waals surface area contributed by atoms with E-state index in [0.29, 0.717) is 37.2 Å². The van der Waals surface area contributed by atoms with Crippen molar-refractivity contribution in [3.8, 4) is 11.4 Å². The molecule has 0 aliphatic carbocycles. The molecule has 1 fully saturated rings. The van der Waals surface area contributed by atoms with E-state index in [4.69, 9.17) is 9.26 Å². The first-order valence-corrected chi connectivity index (χ1v) is 10.5. The molecule has 30 heavy (non-hydrogen) atoms. The number of piperidine rings is 1. The number of carbonyl (C=O) groups excluding carboxylic acids is 1. The van der Waals surface area contributed by atoms with Crippen LogP contribution in [0.1, 0.15) is 29.9 Å². The van der Waals surface area contributed by atoms with Gasteiger partial charge in [-0.1, -0.05) is 59.8 Å². The van der Waals surface area contributed by atoms with Crippen LogP contribution < -0.4 is 0 Å². The van der Waals surface area contributed by atoms with Crippen molar-refractivity contribution in [3.05, 3.63) is 71.6 Å². The van der Waals surface area contributed by atoms with Crippen LogP contribution >= 0.6 is 0 Å². The van der Waals surface area contributed by atoms with Crippen molar-refractivity contribution in [1.29, 1.82) is 0 Å². The molecule has 2 heterocycles. The lowest BCUT2D eigenvalue weighted by atomic mass is 9.94. The van der Waals surface area contributed by atoms with Gasteiger partial charge in [0.1, 0.15) is 6.61 Å². The second-order valence-electron chi connectivity index (χ2n) is 7.86. The predicted octanol–water partition coefficient (Wildman–Crippen LogP) is 4.04. The highest BCUT2D eigenvalue weighted by Crippen LogP contribution is 2.24. The van der Waals surface area contributed by atoms with Crippen LogP contribution in [0.2, 0.25) is 0 Å². The Hall–Kier alpha value is -2.99. The van der Waals surface area contributed by atoms with Crippen molar-refractivity contribution in [1.82, 2.24) is 15.0 Å². The summed E-state index contributed by atoms with van der Waals surface area (Å²) in [6.45, 7) is 4.08. The third kappa shape index (κ3) is 5.13. The Labute approximate surface area is 176 Å². The van der Waals surface area contributed by atoms with Gasteiger partial charge in [0.15, 0.2) is 0 Å². The van der Waals surface area contributed by atoms with Gasteiger partial charge in [0.2, 0.25) is 17.6 Å². The van der Waals surface area contributed by atoms with Crippen LogP contribution in [-0.4, -0.2) is 40.6 Å². The number of carbonyl (C=O) groups is 1. The summed E-state index contributed by atoms with van der Waals surface area (Å²) < 4.78 is 11.1. The number of nitrogens with zero attached hydrogens (tertiary/aromatic N) is 3. The number of ether oxygens (including phenoxy) is 1. The predicted molar refractivity (Wildman–Crippen MR) is 114 cm³/mol.